The molecular weight excluding hydrogens is 204 g/mol. The second-order valence-electron chi connectivity index (χ2n) is 5.20. The molecule has 0 radical (unpaired) electrons. The van der Waals surface area contributed by atoms with Gasteiger partial charge in [-0.05, 0) is 40.0 Å². The number of rotatable bonds is 7. The number of hydrogen-bond donors (Lipinski definition) is 2. The minimum atomic E-state index is -0.0204. The van der Waals surface area contributed by atoms with Gasteiger partial charge in [0.25, 0.3) is 0 Å². The Morgan fingerprint density at radius 3 is 2.38 bits per heavy atom. The molecule has 0 aliphatic carbocycles. The van der Waals surface area contributed by atoms with Crippen LogP contribution in [0.5, 0.6) is 0 Å². The molecule has 0 spiro atoms. The van der Waals surface area contributed by atoms with Crippen LogP contribution >= 0.6 is 0 Å². The molecule has 0 aromatic carbocycles. The van der Waals surface area contributed by atoms with Crippen LogP contribution in [0.3, 0.4) is 0 Å². The molecule has 4 nitrogen and oxygen atoms in total. The van der Waals surface area contributed by atoms with Gasteiger partial charge in [0, 0.05) is 25.7 Å². The number of likely N-dealkylation sites (N-methyl/N-ethyl adjacent to an activating group) is 1. The Morgan fingerprint density at radius 2 is 1.88 bits per heavy atom. The van der Waals surface area contributed by atoms with E-state index in [1.165, 1.54) is 0 Å². The number of amides is 1. The van der Waals surface area contributed by atoms with Crippen LogP contribution in [0.4, 0.5) is 0 Å². The summed E-state index contributed by atoms with van der Waals surface area (Å²) >= 11 is 0. The third kappa shape index (κ3) is 8.68. The van der Waals surface area contributed by atoms with Crippen LogP contribution in [0.25, 0.3) is 0 Å². The predicted molar refractivity (Wildman–Crippen MR) is 66.3 cm³/mol. The number of unbranched alkanes of at least 4 members (excludes halogenated alkanes) is 2. The van der Waals surface area contributed by atoms with Crippen LogP contribution in [0.15, 0.2) is 0 Å². The molecule has 0 bridgehead atoms. The van der Waals surface area contributed by atoms with Crippen LogP contribution in [-0.2, 0) is 4.79 Å². The summed E-state index contributed by atoms with van der Waals surface area (Å²) in [5.41, 5.74) is -0.0204. The molecular formula is C12H26N2O2. The standard InChI is InChI=1S/C12H26N2O2/c1-12(2,3)13-10-11(16)14(4)8-6-5-7-9-15/h13,15H,5-10H2,1-4H3. The number of aliphatic hydroxyl groups is 1. The molecule has 0 atom stereocenters. The summed E-state index contributed by atoms with van der Waals surface area (Å²) in [5.74, 6) is 0.124. The Bertz CT molecular complexity index is 200. The minimum absolute atomic E-state index is 0.0204. The van der Waals surface area contributed by atoms with Crippen LogP contribution in [0.1, 0.15) is 40.0 Å². The van der Waals surface area contributed by atoms with E-state index in [-0.39, 0.29) is 18.1 Å². The average Bonchev–Trinajstić information content (AvgIpc) is 2.19. The topological polar surface area (TPSA) is 52.6 Å². The Hall–Kier alpha value is -0.610. The molecule has 0 fully saturated rings. The number of hydrogen-bond acceptors (Lipinski definition) is 3. The van der Waals surface area contributed by atoms with Crippen molar-refractivity contribution in [2.24, 2.45) is 0 Å². The second-order valence-corrected chi connectivity index (χ2v) is 5.20. The van der Waals surface area contributed by atoms with Gasteiger partial charge in [0.2, 0.25) is 5.91 Å². The van der Waals surface area contributed by atoms with E-state index in [1.54, 1.807) is 4.90 Å². The highest BCUT2D eigenvalue weighted by Gasteiger charge is 2.13. The fourth-order valence-electron chi connectivity index (χ4n) is 1.24. The first-order valence-corrected chi connectivity index (χ1v) is 5.96. The molecule has 16 heavy (non-hydrogen) atoms. The van der Waals surface area contributed by atoms with Gasteiger partial charge < -0.3 is 15.3 Å². The van der Waals surface area contributed by atoms with Crippen LogP contribution in [-0.4, -0.2) is 48.2 Å². The first kappa shape index (κ1) is 15.4. The number of nitrogens with one attached hydrogen (secondary N) is 1. The van der Waals surface area contributed by atoms with E-state index in [4.69, 9.17) is 5.11 Å². The Morgan fingerprint density at radius 1 is 1.25 bits per heavy atom. The molecule has 0 saturated carbocycles. The van der Waals surface area contributed by atoms with E-state index >= 15 is 0 Å². The van der Waals surface area contributed by atoms with Gasteiger partial charge in [0.05, 0.1) is 6.54 Å². The maximum Gasteiger partial charge on any atom is 0.236 e. The number of aliphatic hydroxyl groups excluding tert-OH is 1. The van der Waals surface area contributed by atoms with E-state index in [9.17, 15) is 4.79 Å². The van der Waals surface area contributed by atoms with Crippen molar-refractivity contribution in [1.82, 2.24) is 10.2 Å². The van der Waals surface area contributed by atoms with Crippen molar-refractivity contribution in [3.05, 3.63) is 0 Å². The second kappa shape index (κ2) is 7.63. The van der Waals surface area contributed by atoms with Gasteiger partial charge in [-0.3, -0.25) is 4.79 Å². The summed E-state index contributed by atoms with van der Waals surface area (Å²) < 4.78 is 0. The van der Waals surface area contributed by atoms with Crippen molar-refractivity contribution in [3.8, 4) is 0 Å². The van der Waals surface area contributed by atoms with Crippen LogP contribution in [0, 0.1) is 0 Å². The normalized spacial score (nSPS) is 11.6. The van der Waals surface area contributed by atoms with Crippen molar-refractivity contribution in [3.63, 3.8) is 0 Å². The lowest BCUT2D eigenvalue weighted by molar-refractivity contribution is -0.129. The summed E-state index contributed by atoms with van der Waals surface area (Å²) in [6, 6.07) is 0. The fraction of sp³-hybridized carbons (Fsp3) is 0.917. The molecule has 1 amide bonds. The van der Waals surface area contributed by atoms with E-state index in [0.29, 0.717) is 6.54 Å². The van der Waals surface area contributed by atoms with Gasteiger partial charge in [-0.15, -0.1) is 0 Å². The van der Waals surface area contributed by atoms with Gasteiger partial charge in [-0.2, -0.15) is 0 Å². The molecule has 0 heterocycles. The molecule has 0 aromatic heterocycles. The van der Waals surface area contributed by atoms with Gasteiger partial charge in [0.15, 0.2) is 0 Å². The van der Waals surface area contributed by atoms with Crippen LogP contribution in [0.2, 0.25) is 0 Å². The molecule has 0 aliphatic rings. The highest BCUT2D eigenvalue weighted by molar-refractivity contribution is 5.78. The number of nitrogens with zero attached hydrogens (tertiary/aromatic N) is 1. The monoisotopic (exact) mass is 230 g/mol. The highest BCUT2D eigenvalue weighted by atomic mass is 16.2. The van der Waals surface area contributed by atoms with Crippen molar-refractivity contribution in [2.45, 2.75) is 45.6 Å². The summed E-state index contributed by atoms with van der Waals surface area (Å²) in [5, 5.41) is 11.8. The van der Waals surface area contributed by atoms with E-state index in [2.05, 4.69) is 5.32 Å². The van der Waals surface area contributed by atoms with Crippen molar-refractivity contribution in [1.29, 1.82) is 0 Å². The largest absolute Gasteiger partial charge is 0.396 e. The average molecular weight is 230 g/mol. The summed E-state index contributed by atoms with van der Waals surface area (Å²) in [6.07, 6.45) is 2.75. The molecule has 0 aliphatic heterocycles. The zero-order valence-electron chi connectivity index (χ0n) is 11.0. The molecule has 2 N–H and O–H groups in total. The molecule has 0 aromatic rings. The molecule has 0 rings (SSSR count). The molecule has 0 unspecified atom stereocenters. The van der Waals surface area contributed by atoms with Gasteiger partial charge in [-0.25, -0.2) is 0 Å². The van der Waals surface area contributed by atoms with Gasteiger partial charge >= 0.3 is 0 Å². The molecule has 96 valence electrons. The van der Waals surface area contributed by atoms with Crippen molar-refractivity contribution >= 4 is 5.91 Å². The zero-order chi connectivity index (χ0) is 12.6. The lowest BCUT2D eigenvalue weighted by Gasteiger charge is -2.23. The quantitative estimate of drug-likeness (QED) is 0.641. The van der Waals surface area contributed by atoms with Gasteiger partial charge in [-0.1, -0.05) is 0 Å². The molecule has 0 saturated heterocycles. The predicted octanol–water partition coefficient (Wildman–Crippen LogP) is 0.995. The third-order valence-electron chi connectivity index (χ3n) is 2.35. The SMILES string of the molecule is CN(CCCCCO)C(=O)CNC(C)(C)C. The minimum Gasteiger partial charge on any atom is -0.396 e. The maximum atomic E-state index is 11.7. The van der Waals surface area contributed by atoms with E-state index in [1.807, 2.05) is 27.8 Å². The third-order valence-corrected chi connectivity index (χ3v) is 2.35. The Labute approximate surface area is 99.0 Å². The van der Waals surface area contributed by atoms with Crippen LogP contribution < -0.4 is 5.32 Å². The highest BCUT2D eigenvalue weighted by Crippen LogP contribution is 1.99. The maximum absolute atomic E-state index is 11.7. The number of carbonyl (C=O) groups is 1. The van der Waals surface area contributed by atoms with E-state index in [0.717, 1.165) is 25.8 Å². The Kier molecular flexibility index (Phi) is 7.34. The first-order chi connectivity index (χ1) is 7.37. The first-order valence-electron chi connectivity index (χ1n) is 5.96. The summed E-state index contributed by atoms with van der Waals surface area (Å²) in [6.45, 7) is 7.53. The smallest absolute Gasteiger partial charge is 0.236 e. The molecule has 4 heteroatoms. The van der Waals surface area contributed by atoms with Gasteiger partial charge in [0.1, 0.15) is 0 Å². The summed E-state index contributed by atoms with van der Waals surface area (Å²) in [4.78, 5) is 13.4. The lowest BCUT2D eigenvalue weighted by atomic mass is 10.1. The Balaban J connectivity index is 3.65. The number of carbonyl (C=O) groups excluding carboxylic acids is 1. The zero-order valence-corrected chi connectivity index (χ0v) is 11.0. The van der Waals surface area contributed by atoms with Crippen molar-refractivity contribution < 1.29 is 9.90 Å². The van der Waals surface area contributed by atoms with E-state index < -0.39 is 0 Å². The summed E-state index contributed by atoms with van der Waals surface area (Å²) in [7, 11) is 1.83. The van der Waals surface area contributed by atoms with Crippen molar-refractivity contribution in [2.75, 3.05) is 26.7 Å². The lowest BCUT2D eigenvalue weighted by Crippen LogP contribution is -2.44. The fourth-order valence-corrected chi connectivity index (χ4v) is 1.24.